The van der Waals surface area contributed by atoms with Crippen molar-refractivity contribution in [1.29, 1.82) is 0 Å². The van der Waals surface area contributed by atoms with Crippen LogP contribution in [0.15, 0.2) is 43.0 Å². The zero-order valence-electron chi connectivity index (χ0n) is 9.82. The Bertz CT molecular complexity index is 429. The number of allylic oxidation sites excluding steroid dienone is 1. The first-order valence-electron chi connectivity index (χ1n) is 5.95. The van der Waals surface area contributed by atoms with Crippen molar-refractivity contribution < 1.29 is 9.59 Å². The number of carbonyl (C=O) groups is 2. The Morgan fingerprint density at radius 3 is 2.24 bits per heavy atom. The van der Waals surface area contributed by atoms with Crippen LogP contribution in [0.25, 0.3) is 0 Å². The smallest absolute Gasteiger partial charge is 0.151 e. The van der Waals surface area contributed by atoms with E-state index in [2.05, 4.69) is 6.58 Å². The van der Waals surface area contributed by atoms with E-state index in [0.29, 0.717) is 25.7 Å². The number of hydrogen-bond donors (Lipinski definition) is 0. The van der Waals surface area contributed by atoms with Crippen molar-refractivity contribution in [3.05, 3.63) is 48.6 Å². The highest BCUT2D eigenvalue weighted by Gasteiger charge is 2.46. The Labute approximate surface area is 101 Å². The van der Waals surface area contributed by atoms with Gasteiger partial charge in [-0.1, -0.05) is 36.4 Å². The minimum Gasteiger partial charge on any atom is -0.298 e. The summed E-state index contributed by atoms with van der Waals surface area (Å²) in [5.41, 5.74) is -0.143. The molecule has 88 valence electrons. The second-order valence-corrected chi connectivity index (χ2v) is 4.46. The van der Waals surface area contributed by atoms with Crippen LogP contribution in [0.4, 0.5) is 0 Å². The molecule has 2 heteroatoms. The summed E-state index contributed by atoms with van der Waals surface area (Å²) in [4.78, 5) is 24.5. The number of carbonyl (C=O) groups excluding carboxylic acids is 2. The molecular weight excluding hydrogens is 212 g/mol. The fourth-order valence-electron chi connectivity index (χ4n) is 2.60. The summed E-state index contributed by atoms with van der Waals surface area (Å²) in [6.45, 7) is 3.69. The van der Waals surface area contributed by atoms with E-state index in [-0.39, 0.29) is 11.6 Å². The molecular formula is C15H16O2. The van der Waals surface area contributed by atoms with Crippen molar-refractivity contribution in [3.8, 4) is 0 Å². The lowest BCUT2D eigenvalue weighted by Crippen LogP contribution is -2.46. The second-order valence-electron chi connectivity index (χ2n) is 4.46. The van der Waals surface area contributed by atoms with Crippen LogP contribution in [0.1, 0.15) is 31.2 Å². The molecule has 0 aromatic heterocycles. The van der Waals surface area contributed by atoms with E-state index in [4.69, 9.17) is 0 Å². The van der Waals surface area contributed by atoms with Gasteiger partial charge in [-0.2, -0.15) is 0 Å². The monoisotopic (exact) mass is 228 g/mol. The highest BCUT2D eigenvalue weighted by atomic mass is 16.2. The van der Waals surface area contributed by atoms with Crippen LogP contribution in [0, 0.1) is 0 Å². The van der Waals surface area contributed by atoms with Crippen molar-refractivity contribution in [2.75, 3.05) is 0 Å². The van der Waals surface area contributed by atoms with Crippen molar-refractivity contribution >= 4 is 11.6 Å². The molecule has 0 aliphatic heterocycles. The molecule has 0 radical (unpaired) electrons. The maximum absolute atomic E-state index is 12.2. The average molecular weight is 228 g/mol. The Morgan fingerprint density at radius 2 is 1.71 bits per heavy atom. The van der Waals surface area contributed by atoms with E-state index < -0.39 is 5.41 Å². The van der Waals surface area contributed by atoms with Gasteiger partial charge in [0.1, 0.15) is 5.41 Å². The van der Waals surface area contributed by atoms with Gasteiger partial charge < -0.3 is 0 Å². The van der Waals surface area contributed by atoms with Gasteiger partial charge in [-0.3, -0.25) is 9.59 Å². The Kier molecular flexibility index (Phi) is 3.23. The van der Waals surface area contributed by atoms with Gasteiger partial charge in [0.05, 0.1) is 0 Å². The third-order valence-corrected chi connectivity index (χ3v) is 3.48. The van der Waals surface area contributed by atoms with Crippen LogP contribution in [0.3, 0.4) is 0 Å². The fraction of sp³-hybridized carbons (Fsp3) is 0.333. The summed E-state index contributed by atoms with van der Waals surface area (Å²) in [5, 5.41) is 0. The minimum atomic E-state index is -0.957. The molecule has 0 atom stereocenters. The van der Waals surface area contributed by atoms with Crippen molar-refractivity contribution in [1.82, 2.24) is 0 Å². The van der Waals surface area contributed by atoms with E-state index in [1.165, 1.54) is 0 Å². The van der Waals surface area contributed by atoms with Crippen molar-refractivity contribution in [2.24, 2.45) is 0 Å². The van der Waals surface area contributed by atoms with E-state index >= 15 is 0 Å². The predicted octanol–water partition coefficient (Wildman–Crippen LogP) is 2.82. The van der Waals surface area contributed by atoms with Crippen LogP contribution in [-0.4, -0.2) is 11.6 Å². The summed E-state index contributed by atoms with van der Waals surface area (Å²) in [6.07, 6.45) is 3.76. The molecule has 0 heterocycles. The van der Waals surface area contributed by atoms with E-state index in [1.807, 2.05) is 30.3 Å². The third kappa shape index (κ3) is 1.84. The molecule has 1 saturated carbocycles. The van der Waals surface area contributed by atoms with Crippen molar-refractivity contribution in [3.63, 3.8) is 0 Å². The SMILES string of the molecule is C=CCC1(c2ccccc2)C(=O)CCCC1=O. The molecule has 2 nitrogen and oxygen atoms in total. The molecule has 1 aliphatic rings. The van der Waals surface area contributed by atoms with Gasteiger partial charge in [-0.15, -0.1) is 6.58 Å². The minimum absolute atomic E-state index is 0.0415. The van der Waals surface area contributed by atoms with Crippen LogP contribution < -0.4 is 0 Å². The summed E-state index contributed by atoms with van der Waals surface area (Å²) in [6, 6.07) is 9.36. The first-order valence-corrected chi connectivity index (χ1v) is 5.95. The highest BCUT2D eigenvalue weighted by Crippen LogP contribution is 2.37. The van der Waals surface area contributed by atoms with Crippen molar-refractivity contribution in [2.45, 2.75) is 31.1 Å². The molecule has 1 aromatic rings. The van der Waals surface area contributed by atoms with Crippen LogP contribution in [-0.2, 0) is 15.0 Å². The lowest BCUT2D eigenvalue weighted by Gasteiger charge is -2.33. The summed E-state index contributed by atoms with van der Waals surface area (Å²) >= 11 is 0. The number of hydrogen-bond acceptors (Lipinski definition) is 2. The Hall–Kier alpha value is -1.70. The molecule has 0 saturated heterocycles. The number of benzene rings is 1. The molecule has 0 bridgehead atoms. The molecule has 0 N–H and O–H groups in total. The van der Waals surface area contributed by atoms with Crippen LogP contribution >= 0.6 is 0 Å². The standard InChI is InChI=1S/C15H16O2/c1-2-11-15(12-7-4-3-5-8-12)13(16)9-6-10-14(15)17/h2-5,7-8H,1,6,9-11H2. The molecule has 1 fully saturated rings. The maximum atomic E-state index is 12.2. The quantitative estimate of drug-likeness (QED) is 0.589. The average Bonchev–Trinajstić information content (AvgIpc) is 2.35. The molecule has 0 unspecified atom stereocenters. The first kappa shape index (κ1) is 11.8. The molecule has 0 spiro atoms. The van der Waals surface area contributed by atoms with Crippen LogP contribution in [0.5, 0.6) is 0 Å². The van der Waals surface area contributed by atoms with Gasteiger partial charge in [0.2, 0.25) is 0 Å². The molecule has 1 aliphatic carbocycles. The zero-order chi connectivity index (χ0) is 12.3. The lowest BCUT2D eigenvalue weighted by molar-refractivity contribution is -0.138. The lowest BCUT2D eigenvalue weighted by atomic mass is 9.65. The number of ketones is 2. The van der Waals surface area contributed by atoms with Gasteiger partial charge >= 0.3 is 0 Å². The van der Waals surface area contributed by atoms with E-state index in [0.717, 1.165) is 5.56 Å². The van der Waals surface area contributed by atoms with Gasteiger partial charge in [0.15, 0.2) is 11.6 Å². The first-order chi connectivity index (χ1) is 8.21. The largest absolute Gasteiger partial charge is 0.298 e. The number of Topliss-reactive ketones (excluding diaryl/α,β-unsaturated/α-hetero) is 2. The topological polar surface area (TPSA) is 34.1 Å². The highest BCUT2D eigenvalue weighted by molar-refractivity contribution is 6.14. The van der Waals surface area contributed by atoms with Gasteiger partial charge in [0, 0.05) is 12.8 Å². The number of rotatable bonds is 3. The zero-order valence-corrected chi connectivity index (χ0v) is 9.82. The molecule has 2 rings (SSSR count). The van der Waals surface area contributed by atoms with E-state index in [1.54, 1.807) is 6.08 Å². The third-order valence-electron chi connectivity index (χ3n) is 3.48. The Balaban J connectivity index is 2.54. The summed E-state index contributed by atoms with van der Waals surface area (Å²) in [5.74, 6) is 0.0831. The normalized spacial score (nSPS) is 19.1. The second kappa shape index (κ2) is 4.66. The van der Waals surface area contributed by atoms with Gasteiger partial charge in [-0.25, -0.2) is 0 Å². The predicted molar refractivity (Wildman–Crippen MR) is 66.8 cm³/mol. The van der Waals surface area contributed by atoms with E-state index in [9.17, 15) is 9.59 Å². The maximum Gasteiger partial charge on any atom is 0.151 e. The van der Waals surface area contributed by atoms with Gasteiger partial charge in [0.25, 0.3) is 0 Å². The van der Waals surface area contributed by atoms with Gasteiger partial charge in [-0.05, 0) is 18.4 Å². The molecule has 0 amide bonds. The molecule has 17 heavy (non-hydrogen) atoms. The summed E-state index contributed by atoms with van der Waals surface area (Å²) in [7, 11) is 0. The Morgan fingerprint density at radius 1 is 1.12 bits per heavy atom. The summed E-state index contributed by atoms with van der Waals surface area (Å²) < 4.78 is 0. The fourth-order valence-corrected chi connectivity index (χ4v) is 2.60. The van der Waals surface area contributed by atoms with Crippen LogP contribution in [0.2, 0.25) is 0 Å². The molecule has 1 aromatic carbocycles.